The van der Waals surface area contributed by atoms with Crippen LogP contribution in [0.15, 0.2) is 22.7 Å². The number of rotatable bonds is 8. The van der Waals surface area contributed by atoms with Gasteiger partial charge in [0.05, 0.1) is 18.2 Å². The third-order valence-corrected chi connectivity index (χ3v) is 4.27. The van der Waals surface area contributed by atoms with E-state index in [0.717, 1.165) is 17.4 Å². The molecule has 1 N–H and O–H groups in total. The number of methoxy groups -OCH3 is 1. The van der Waals surface area contributed by atoms with Crippen molar-refractivity contribution in [1.82, 2.24) is 5.32 Å². The molecular weight excluding hydrogens is 358 g/mol. The van der Waals surface area contributed by atoms with Crippen LogP contribution in [-0.2, 0) is 9.47 Å². The van der Waals surface area contributed by atoms with E-state index in [-0.39, 0.29) is 12.2 Å². The van der Waals surface area contributed by atoms with Crippen LogP contribution in [-0.4, -0.2) is 45.1 Å². The summed E-state index contributed by atoms with van der Waals surface area (Å²) in [6.45, 7) is 4.16. The molecule has 0 aliphatic heterocycles. The average molecular weight is 379 g/mol. The average Bonchev–Trinajstić information content (AvgIpc) is 2.44. The minimum atomic E-state index is 0.0181. The van der Waals surface area contributed by atoms with Crippen molar-refractivity contribution in [2.24, 2.45) is 0 Å². The van der Waals surface area contributed by atoms with E-state index in [1.165, 1.54) is 0 Å². The van der Waals surface area contributed by atoms with Crippen LogP contribution in [0.4, 0.5) is 0 Å². The van der Waals surface area contributed by atoms with Gasteiger partial charge in [-0.1, -0.05) is 34.5 Å². The first-order chi connectivity index (χ1) is 10.2. The highest BCUT2D eigenvalue weighted by molar-refractivity contribution is 9.10. The van der Waals surface area contributed by atoms with Gasteiger partial charge in [0.15, 0.2) is 0 Å². The van der Waals surface area contributed by atoms with Gasteiger partial charge in [0.25, 0.3) is 0 Å². The standard InChI is InChI=1S/C15H21BrClNO3/c1-3-18-12-9-14(15(12)20-7-6-19-2)21-13-5-4-10(16)8-11(13)17/h4-5,8,12,14-15,18H,3,6-7,9H2,1-2H3. The Morgan fingerprint density at radius 2 is 2.19 bits per heavy atom. The number of benzene rings is 1. The van der Waals surface area contributed by atoms with Crippen LogP contribution in [0.1, 0.15) is 13.3 Å². The normalized spacial score (nSPS) is 24.7. The molecule has 1 aliphatic carbocycles. The summed E-state index contributed by atoms with van der Waals surface area (Å²) in [6, 6.07) is 5.95. The Kier molecular flexibility index (Phi) is 6.76. The zero-order valence-corrected chi connectivity index (χ0v) is 14.6. The van der Waals surface area contributed by atoms with Crippen LogP contribution in [0, 0.1) is 0 Å². The highest BCUT2D eigenvalue weighted by atomic mass is 79.9. The summed E-state index contributed by atoms with van der Waals surface area (Å²) in [5.74, 6) is 0.695. The first-order valence-electron chi connectivity index (χ1n) is 7.11. The highest BCUT2D eigenvalue weighted by Crippen LogP contribution is 2.34. The molecule has 0 heterocycles. The van der Waals surface area contributed by atoms with E-state index in [1.807, 2.05) is 18.2 Å². The van der Waals surface area contributed by atoms with Crippen LogP contribution in [0.2, 0.25) is 5.02 Å². The predicted molar refractivity (Wildman–Crippen MR) is 87.3 cm³/mol. The number of hydrogen-bond acceptors (Lipinski definition) is 4. The maximum atomic E-state index is 6.20. The minimum Gasteiger partial charge on any atom is -0.486 e. The lowest BCUT2D eigenvalue weighted by Crippen LogP contribution is -2.61. The summed E-state index contributed by atoms with van der Waals surface area (Å²) in [5, 5.41) is 4.02. The number of halogens is 2. The third-order valence-electron chi connectivity index (χ3n) is 3.49. The van der Waals surface area contributed by atoms with E-state index < -0.39 is 0 Å². The van der Waals surface area contributed by atoms with Crippen molar-refractivity contribution in [1.29, 1.82) is 0 Å². The van der Waals surface area contributed by atoms with Crippen LogP contribution in [0.3, 0.4) is 0 Å². The Balaban J connectivity index is 1.94. The molecule has 0 bridgehead atoms. The van der Waals surface area contributed by atoms with E-state index in [0.29, 0.717) is 30.0 Å². The quantitative estimate of drug-likeness (QED) is 0.705. The second-order valence-electron chi connectivity index (χ2n) is 4.96. The van der Waals surface area contributed by atoms with Gasteiger partial charge in [0.2, 0.25) is 0 Å². The van der Waals surface area contributed by atoms with E-state index in [2.05, 4.69) is 28.2 Å². The van der Waals surface area contributed by atoms with Gasteiger partial charge in [-0.15, -0.1) is 0 Å². The second-order valence-corrected chi connectivity index (χ2v) is 6.28. The lowest BCUT2D eigenvalue weighted by atomic mass is 9.85. The van der Waals surface area contributed by atoms with E-state index in [9.17, 15) is 0 Å². The van der Waals surface area contributed by atoms with Gasteiger partial charge < -0.3 is 19.5 Å². The summed E-state index contributed by atoms with van der Waals surface area (Å²) in [5.41, 5.74) is 0. The molecule has 4 nitrogen and oxygen atoms in total. The predicted octanol–water partition coefficient (Wildman–Crippen LogP) is 3.26. The zero-order valence-electron chi connectivity index (χ0n) is 12.3. The van der Waals surface area contributed by atoms with Crippen molar-refractivity contribution in [2.75, 3.05) is 26.9 Å². The van der Waals surface area contributed by atoms with Crippen molar-refractivity contribution < 1.29 is 14.2 Å². The van der Waals surface area contributed by atoms with Crippen LogP contribution in [0.25, 0.3) is 0 Å². The molecule has 1 aromatic rings. The first-order valence-corrected chi connectivity index (χ1v) is 8.28. The molecule has 1 fully saturated rings. The molecule has 21 heavy (non-hydrogen) atoms. The van der Waals surface area contributed by atoms with Gasteiger partial charge in [-0.2, -0.15) is 0 Å². The summed E-state index contributed by atoms with van der Waals surface area (Å²) in [7, 11) is 1.67. The molecule has 2 rings (SSSR count). The summed E-state index contributed by atoms with van der Waals surface area (Å²) in [4.78, 5) is 0. The molecule has 1 saturated carbocycles. The molecule has 0 amide bonds. The topological polar surface area (TPSA) is 39.7 Å². The van der Waals surface area contributed by atoms with Crippen LogP contribution < -0.4 is 10.1 Å². The lowest BCUT2D eigenvalue weighted by molar-refractivity contribution is -0.115. The van der Waals surface area contributed by atoms with Gasteiger partial charge in [-0.25, -0.2) is 0 Å². The molecule has 3 unspecified atom stereocenters. The first kappa shape index (κ1) is 17.0. The summed E-state index contributed by atoms with van der Waals surface area (Å²) in [6.07, 6.45) is 0.960. The van der Waals surface area contributed by atoms with E-state index in [4.69, 9.17) is 25.8 Å². The number of ether oxygens (including phenoxy) is 3. The van der Waals surface area contributed by atoms with Crippen molar-refractivity contribution in [3.05, 3.63) is 27.7 Å². The largest absolute Gasteiger partial charge is 0.486 e. The van der Waals surface area contributed by atoms with Gasteiger partial charge in [-0.05, 0) is 24.7 Å². The Morgan fingerprint density at radius 3 is 2.86 bits per heavy atom. The molecule has 0 radical (unpaired) electrons. The van der Waals surface area contributed by atoms with Crippen molar-refractivity contribution in [3.8, 4) is 5.75 Å². The second kappa shape index (κ2) is 8.34. The molecule has 1 aliphatic rings. The molecule has 0 saturated heterocycles. The number of hydrogen-bond donors (Lipinski definition) is 1. The third kappa shape index (κ3) is 4.57. The Hall–Kier alpha value is -0.330. The van der Waals surface area contributed by atoms with Crippen molar-refractivity contribution >= 4 is 27.5 Å². The number of likely N-dealkylation sites (N-methyl/N-ethyl adjacent to an activating group) is 1. The molecular formula is C15H21BrClNO3. The van der Waals surface area contributed by atoms with E-state index in [1.54, 1.807) is 7.11 Å². The minimum absolute atomic E-state index is 0.0181. The monoisotopic (exact) mass is 377 g/mol. The lowest BCUT2D eigenvalue weighted by Gasteiger charge is -2.44. The van der Waals surface area contributed by atoms with Crippen LogP contribution in [0.5, 0.6) is 5.75 Å². The fourth-order valence-corrected chi connectivity index (χ4v) is 3.10. The smallest absolute Gasteiger partial charge is 0.138 e. The molecule has 118 valence electrons. The zero-order chi connectivity index (χ0) is 15.2. The van der Waals surface area contributed by atoms with Gasteiger partial charge in [0, 0.05) is 24.0 Å². The maximum Gasteiger partial charge on any atom is 0.138 e. The molecule has 1 aromatic carbocycles. The Labute approximate surface area is 139 Å². The van der Waals surface area contributed by atoms with Crippen molar-refractivity contribution in [2.45, 2.75) is 31.6 Å². The maximum absolute atomic E-state index is 6.20. The fourth-order valence-electron chi connectivity index (χ4n) is 2.38. The Morgan fingerprint density at radius 1 is 1.38 bits per heavy atom. The summed E-state index contributed by atoms with van der Waals surface area (Å²) < 4.78 is 17.8. The fraction of sp³-hybridized carbons (Fsp3) is 0.600. The van der Waals surface area contributed by atoms with Gasteiger partial charge in [0.1, 0.15) is 18.0 Å². The van der Waals surface area contributed by atoms with Gasteiger partial charge in [-0.3, -0.25) is 0 Å². The Bertz CT molecular complexity index is 461. The van der Waals surface area contributed by atoms with Crippen molar-refractivity contribution in [3.63, 3.8) is 0 Å². The van der Waals surface area contributed by atoms with E-state index >= 15 is 0 Å². The molecule has 0 spiro atoms. The highest BCUT2D eigenvalue weighted by Gasteiger charge is 2.43. The van der Waals surface area contributed by atoms with Crippen LogP contribution >= 0.6 is 27.5 Å². The molecule has 0 aromatic heterocycles. The SMILES string of the molecule is CCNC1CC(Oc2ccc(Br)cc2Cl)C1OCCOC. The molecule has 6 heteroatoms. The number of nitrogens with one attached hydrogen (secondary N) is 1. The van der Waals surface area contributed by atoms with Gasteiger partial charge >= 0.3 is 0 Å². The summed E-state index contributed by atoms with van der Waals surface area (Å²) >= 11 is 9.58. The molecule has 3 atom stereocenters.